The quantitative estimate of drug-likeness (QED) is 0.795. The summed E-state index contributed by atoms with van der Waals surface area (Å²) in [5.41, 5.74) is 2.18. The number of rotatable bonds is 5. The van der Waals surface area contributed by atoms with Crippen molar-refractivity contribution in [3.63, 3.8) is 0 Å². The standard InChI is InChI=1S/C20H23N3O2S/c1-4-25-17-11-14(8-9-16(17)24-3)19-18(15-7-5-6-10-21-15)22-20-23(19)12-13(2)26-20/h5-11,13,18-19H,4,12H2,1-3H3/t13-,18+,19+/m0/s1. The Morgan fingerprint density at radius 2 is 2.12 bits per heavy atom. The Hall–Kier alpha value is -2.21. The minimum absolute atomic E-state index is 0.00549. The Kier molecular flexibility index (Phi) is 4.76. The smallest absolute Gasteiger partial charge is 0.161 e. The SMILES string of the molecule is CCOc1cc([C@@H]2[C@@H](c3ccccn3)N=C3S[C@@H](C)CN32)ccc1OC. The second-order valence-electron chi connectivity index (χ2n) is 6.48. The molecule has 2 aliphatic rings. The van der Waals surface area contributed by atoms with Crippen molar-refractivity contribution in [3.05, 3.63) is 53.9 Å². The van der Waals surface area contributed by atoms with Gasteiger partial charge in [0.05, 0.1) is 25.5 Å². The van der Waals surface area contributed by atoms with E-state index in [0.717, 1.165) is 28.9 Å². The molecule has 2 aliphatic heterocycles. The van der Waals surface area contributed by atoms with Gasteiger partial charge in [-0.05, 0) is 36.8 Å². The first-order valence-electron chi connectivity index (χ1n) is 8.94. The molecule has 26 heavy (non-hydrogen) atoms. The topological polar surface area (TPSA) is 47.0 Å². The van der Waals surface area contributed by atoms with E-state index in [1.807, 2.05) is 43.1 Å². The number of hydrogen-bond donors (Lipinski definition) is 0. The number of ether oxygens (including phenoxy) is 2. The van der Waals surface area contributed by atoms with Crippen LogP contribution in [0.25, 0.3) is 0 Å². The zero-order valence-corrected chi connectivity index (χ0v) is 16.1. The molecule has 3 atom stereocenters. The predicted octanol–water partition coefficient (Wildman–Crippen LogP) is 4.08. The number of fused-ring (bicyclic) bond motifs is 1. The van der Waals surface area contributed by atoms with Crippen LogP contribution >= 0.6 is 11.8 Å². The van der Waals surface area contributed by atoms with Crippen LogP contribution in [-0.4, -0.2) is 40.6 Å². The summed E-state index contributed by atoms with van der Waals surface area (Å²) < 4.78 is 11.2. The van der Waals surface area contributed by atoms with Gasteiger partial charge in [-0.15, -0.1) is 0 Å². The molecule has 1 aromatic carbocycles. The van der Waals surface area contributed by atoms with Crippen molar-refractivity contribution in [1.82, 2.24) is 9.88 Å². The van der Waals surface area contributed by atoms with E-state index in [9.17, 15) is 0 Å². The molecule has 0 aliphatic carbocycles. The molecule has 0 radical (unpaired) electrons. The average molecular weight is 369 g/mol. The molecule has 6 heteroatoms. The molecule has 4 rings (SSSR count). The van der Waals surface area contributed by atoms with Crippen molar-refractivity contribution in [2.45, 2.75) is 31.2 Å². The summed E-state index contributed by atoms with van der Waals surface area (Å²) in [5.74, 6) is 1.54. The maximum atomic E-state index is 5.80. The highest BCUT2D eigenvalue weighted by Crippen LogP contribution is 2.48. The number of amidine groups is 1. The van der Waals surface area contributed by atoms with Crippen molar-refractivity contribution in [1.29, 1.82) is 0 Å². The van der Waals surface area contributed by atoms with Gasteiger partial charge in [0.1, 0.15) is 6.04 Å². The predicted molar refractivity (Wildman–Crippen MR) is 105 cm³/mol. The molecule has 0 amide bonds. The number of aliphatic imine (C=N–C) groups is 1. The zero-order valence-electron chi connectivity index (χ0n) is 15.3. The van der Waals surface area contributed by atoms with Crippen molar-refractivity contribution in [3.8, 4) is 11.5 Å². The van der Waals surface area contributed by atoms with Crippen LogP contribution in [0, 0.1) is 0 Å². The van der Waals surface area contributed by atoms with Crippen LogP contribution in [-0.2, 0) is 0 Å². The van der Waals surface area contributed by atoms with Crippen molar-refractivity contribution < 1.29 is 9.47 Å². The van der Waals surface area contributed by atoms with Crippen LogP contribution in [0.15, 0.2) is 47.6 Å². The van der Waals surface area contributed by atoms with Gasteiger partial charge in [-0.25, -0.2) is 0 Å². The number of methoxy groups -OCH3 is 1. The highest BCUT2D eigenvalue weighted by atomic mass is 32.2. The van der Waals surface area contributed by atoms with Gasteiger partial charge in [-0.1, -0.05) is 30.8 Å². The minimum Gasteiger partial charge on any atom is -0.493 e. The fraction of sp³-hybridized carbons (Fsp3) is 0.400. The zero-order chi connectivity index (χ0) is 18.1. The fourth-order valence-electron chi connectivity index (χ4n) is 3.62. The highest BCUT2D eigenvalue weighted by molar-refractivity contribution is 8.14. The maximum Gasteiger partial charge on any atom is 0.161 e. The van der Waals surface area contributed by atoms with E-state index >= 15 is 0 Å². The average Bonchev–Trinajstić information content (AvgIpc) is 3.18. The first-order chi connectivity index (χ1) is 12.7. The van der Waals surface area contributed by atoms with Gasteiger partial charge in [0, 0.05) is 18.0 Å². The lowest BCUT2D eigenvalue weighted by atomic mass is 9.96. The molecular weight excluding hydrogens is 346 g/mol. The van der Waals surface area contributed by atoms with Crippen LogP contribution in [0.4, 0.5) is 0 Å². The van der Waals surface area contributed by atoms with E-state index in [0.29, 0.717) is 11.9 Å². The number of pyridine rings is 1. The van der Waals surface area contributed by atoms with E-state index in [1.165, 1.54) is 5.56 Å². The molecule has 3 heterocycles. The number of hydrogen-bond acceptors (Lipinski definition) is 6. The number of thioether (sulfide) groups is 1. The van der Waals surface area contributed by atoms with Crippen LogP contribution < -0.4 is 9.47 Å². The van der Waals surface area contributed by atoms with Gasteiger partial charge in [0.25, 0.3) is 0 Å². The van der Waals surface area contributed by atoms with E-state index in [1.54, 1.807) is 7.11 Å². The van der Waals surface area contributed by atoms with Crippen molar-refractivity contribution in [2.24, 2.45) is 4.99 Å². The van der Waals surface area contributed by atoms with Crippen molar-refractivity contribution >= 4 is 16.9 Å². The molecule has 0 saturated carbocycles. The molecule has 1 aromatic heterocycles. The third kappa shape index (κ3) is 3.03. The number of benzene rings is 1. The summed E-state index contributed by atoms with van der Waals surface area (Å²) >= 11 is 1.85. The molecule has 0 unspecified atom stereocenters. The van der Waals surface area contributed by atoms with Gasteiger partial charge < -0.3 is 14.4 Å². The second-order valence-corrected chi connectivity index (χ2v) is 7.89. The lowest BCUT2D eigenvalue weighted by molar-refractivity contribution is 0.302. The summed E-state index contributed by atoms with van der Waals surface area (Å²) in [4.78, 5) is 12.0. The summed E-state index contributed by atoms with van der Waals surface area (Å²) in [6, 6.07) is 12.4. The van der Waals surface area contributed by atoms with E-state index in [2.05, 4.69) is 35.0 Å². The Morgan fingerprint density at radius 3 is 2.85 bits per heavy atom. The Labute approximate surface area is 158 Å². The highest BCUT2D eigenvalue weighted by Gasteiger charge is 2.43. The summed E-state index contributed by atoms with van der Waals surface area (Å²) in [6.07, 6.45) is 1.84. The summed E-state index contributed by atoms with van der Waals surface area (Å²) in [7, 11) is 1.67. The first-order valence-corrected chi connectivity index (χ1v) is 9.82. The molecule has 0 N–H and O–H groups in total. The van der Waals surface area contributed by atoms with Crippen LogP contribution in [0.2, 0.25) is 0 Å². The molecule has 5 nitrogen and oxygen atoms in total. The molecule has 1 fully saturated rings. The Morgan fingerprint density at radius 1 is 1.23 bits per heavy atom. The third-order valence-electron chi connectivity index (χ3n) is 4.71. The van der Waals surface area contributed by atoms with Gasteiger partial charge in [0.15, 0.2) is 16.7 Å². The largest absolute Gasteiger partial charge is 0.493 e. The van der Waals surface area contributed by atoms with Gasteiger partial charge in [-0.3, -0.25) is 9.98 Å². The minimum atomic E-state index is -0.00549. The monoisotopic (exact) mass is 369 g/mol. The first kappa shape index (κ1) is 17.2. The lowest BCUT2D eigenvalue weighted by Crippen LogP contribution is -2.28. The van der Waals surface area contributed by atoms with Crippen LogP contribution in [0.1, 0.15) is 37.2 Å². The molecule has 136 valence electrons. The molecule has 1 saturated heterocycles. The molecule has 0 spiro atoms. The van der Waals surface area contributed by atoms with Gasteiger partial charge in [-0.2, -0.15) is 0 Å². The van der Waals surface area contributed by atoms with Gasteiger partial charge >= 0.3 is 0 Å². The van der Waals surface area contributed by atoms with E-state index in [-0.39, 0.29) is 12.1 Å². The Bertz CT molecular complexity index is 812. The maximum absolute atomic E-state index is 5.80. The summed E-state index contributed by atoms with van der Waals surface area (Å²) in [6.45, 7) is 5.83. The van der Waals surface area contributed by atoms with Crippen LogP contribution in [0.5, 0.6) is 11.5 Å². The third-order valence-corrected chi connectivity index (χ3v) is 5.81. The fourth-order valence-corrected chi connectivity index (χ4v) is 4.72. The number of nitrogens with zero attached hydrogens (tertiary/aromatic N) is 3. The lowest BCUT2D eigenvalue weighted by Gasteiger charge is -2.28. The van der Waals surface area contributed by atoms with Gasteiger partial charge in [0.2, 0.25) is 0 Å². The summed E-state index contributed by atoms with van der Waals surface area (Å²) in [5, 5.41) is 1.66. The number of aromatic nitrogens is 1. The van der Waals surface area contributed by atoms with E-state index in [4.69, 9.17) is 14.5 Å². The normalized spacial score (nSPS) is 24.3. The molecular formula is C20H23N3O2S. The molecule has 2 aromatic rings. The van der Waals surface area contributed by atoms with Crippen molar-refractivity contribution in [2.75, 3.05) is 20.3 Å². The molecule has 0 bridgehead atoms. The van der Waals surface area contributed by atoms with Crippen LogP contribution in [0.3, 0.4) is 0 Å². The van der Waals surface area contributed by atoms with E-state index < -0.39 is 0 Å². The second kappa shape index (κ2) is 7.19. The Balaban J connectivity index is 1.76.